The van der Waals surface area contributed by atoms with Crippen LogP contribution in [0.5, 0.6) is 0 Å². The van der Waals surface area contributed by atoms with Crippen LogP contribution in [0.3, 0.4) is 0 Å². The molecule has 2 N–H and O–H groups in total. The summed E-state index contributed by atoms with van der Waals surface area (Å²) in [6, 6.07) is 6.70. The van der Waals surface area contributed by atoms with Gasteiger partial charge in [0.1, 0.15) is 0 Å². The fourth-order valence-electron chi connectivity index (χ4n) is 2.39. The Morgan fingerprint density at radius 2 is 1.94 bits per heavy atom. The Morgan fingerprint density at radius 3 is 2.61 bits per heavy atom. The van der Waals surface area contributed by atoms with Gasteiger partial charge in [0, 0.05) is 6.04 Å². The summed E-state index contributed by atoms with van der Waals surface area (Å²) >= 11 is 0. The smallest absolute Gasteiger partial charge is 0.201 e. The van der Waals surface area contributed by atoms with Gasteiger partial charge in [0.25, 0.3) is 0 Å². The number of benzene rings is 1. The number of nitrogens with two attached hydrogens (primary N) is 1. The maximum Gasteiger partial charge on any atom is 0.201 e. The lowest BCUT2D eigenvalue weighted by molar-refractivity contribution is 0.450. The molecule has 0 aliphatic heterocycles. The van der Waals surface area contributed by atoms with Crippen LogP contribution in [0, 0.1) is 12.8 Å². The predicted molar refractivity (Wildman–Crippen MR) is 77.7 cm³/mol. The van der Waals surface area contributed by atoms with Gasteiger partial charge in [-0.15, -0.1) is 0 Å². The van der Waals surface area contributed by atoms with E-state index in [4.69, 9.17) is 5.73 Å². The quantitative estimate of drug-likeness (QED) is 0.887. The first kappa shape index (κ1) is 12.9. The maximum absolute atomic E-state index is 6.06. The molecule has 2 rings (SSSR count). The number of anilines is 1. The van der Waals surface area contributed by atoms with E-state index < -0.39 is 0 Å². The van der Waals surface area contributed by atoms with E-state index in [1.807, 2.05) is 6.07 Å². The van der Waals surface area contributed by atoms with E-state index in [0.717, 1.165) is 23.4 Å². The minimum Gasteiger partial charge on any atom is -0.369 e. The monoisotopic (exact) mass is 245 g/mol. The van der Waals surface area contributed by atoms with Gasteiger partial charge in [-0.1, -0.05) is 19.9 Å². The Labute approximate surface area is 109 Å². The third-order valence-corrected chi connectivity index (χ3v) is 3.47. The summed E-state index contributed by atoms with van der Waals surface area (Å²) in [5.41, 5.74) is 9.46. The van der Waals surface area contributed by atoms with E-state index in [1.165, 1.54) is 12.0 Å². The Balaban J connectivity index is 2.36. The molecule has 1 atom stereocenters. The van der Waals surface area contributed by atoms with Gasteiger partial charge in [0.2, 0.25) is 5.95 Å². The third-order valence-electron chi connectivity index (χ3n) is 3.47. The molecule has 0 radical (unpaired) electrons. The lowest BCUT2D eigenvalue weighted by Gasteiger charge is -2.17. The van der Waals surface area contributed by atoms with E-state index in [-0.39, 0.29) is 0 Å². The molecule has 0 saturated heterocycles. The van der Waals surface area contributed by atoms with E-state index >= 15 is 0 Å². The van der Waals surface area contributed by atoms with Gasteiger partial charge in [-0.25, -0.2) is 4.98 Å². The molecule has 98 valence electrons. The van der Waals surface area contributed by atoms with Crippen molar-refractivity contribution in [2.45, 2.75) is 46.6 Å². The Hall–Kier alpha value is -1.51. The Kier molecular flexibility index (Phi) is 3.60. The first-order chi connectivity index (χ1) is 8.49. The molecule has 1 heterocycles. The molecule has 0 spiro atoms. The molecule has 3 nitrogen and oxygen atoms in total. The summed E-state index contributed by atoms with van der Waals surface area (Å²) in [5.74, 6) is 1.36. The minimum atomic E-state index is 0.402. The molecule has 1 unspecified atom stereocenters. The highest BCUT2D eigenvalue weighted by molar-refractivity contribution is 5.79. The van der Waals surface area contributed by atoms with Crippen molar-refractivity contribution in [3.05, 3.63) is 23.8 Å². The number of fused-ring (bicyclic) bond motifs is 1. The highest BCUT2D eigenvalue weighted by atomic mass is 15.2. The lowest BCUT2D eigenvalue weighted by atomic mass is 10.0. The second kappa shape index (κ2) is 5.01. The summed E-state index contributed by atoms with van der Waals surface area (Å²) in [5, 5.41) is 0. The molecule has 0 fully saturated rings. The summed E-state index contributed by atoms with van der Waals surface area (Å²) in [4.78, 5) is 4.44. The van der Waals surface area contributed by atoms with Gasteiger partial charge in [-0.2, -0.15) is 0 Å². The predicted octanol–water partition coefficient (Wildman–Crippen LogP) is 3.92. The first-order valence-electron chi connectivity index (χ1n) is 6.73. The van der Waals surface area contributed by atoms with E-state index in [1.54, 1.807) is 0 Å². The maximum atomic E-state index is 6.06. The zero-order chi connectivity index (χ0) is 13.3. The number of hydrogen-bond acceptors (Lipinski definition) is 2. The number of aromatic nitrogens is 2. The number of rotatable bonds is 4. The number of hydrogen-bond donors (Lipinski definition) is 1. The topological polar surface area (TPSA) is 43.8 Å². The molecular weight excluding hydrogens is 222 g/mol. The molecule has 1 aromatic carbocycles. The molecule has 3 heteroatoms. The van der Waals surface area contributed by atoms with Crippen LogP contribution in [-0.4, -0.2) is 9.55 Å². The molecular formula is C15H23N3. The normalized spacial score (nSPS) is 13.4. The largest absolute Gasteiger partial charge is 0.369 e. The van der Waals surface area contributed by atoms with E-state index in [9.17, 15) is 0 Å². The van der Waals surface area contributed by atoms with Crippen molar-refractivity contribution in [2.24, 2.45) is 5.92 Å². The molecule has 0 aliphatic carbocycles. The molecule has 1 aromatic heterocycles. The number of imidazole rings is 1. The third kappa shape index (κ3) is 2.50. The molecule has 2 aromatic rings. The zero-order valence-corrected chi connectivity index (χ0v) is 11.8. The lowest BCUT2D eigenvalue weighted by Crippen LogP contribution is -2.09. The molecule has 0 amide bonds. The summed E-state index contributed by atoms with van der Waals surface area (Å²) in [6.07, 6.45) is 2.35. The van der Waals surface area contributed by atoms with Crippen LogP contribution in [0.15, 0.2) is 18.2 Å². The molecule has 0 aliphatic rings. The van der Waals surface area contributed by atoms with Crippen LogP contribution in [0.1, 0.15) is 45.2 Å². The highest BCUT2D eigenvalue weighted by Gasteiger charge is 2.14. The average Bonchev–Trinajstić information content (AvgIpc) is 2.61. The number of nitrogen functional groups attached to an aromatic ring is 1. The van der Waals surface area contributed by atoms with Crippen molar-refractivity contribution in [3.8, 4) is 0 Å². The molecule has 0 bridgehead atoms. The van der Waals surface area contributed by atoms with E-state index in [0.29, 0.717) is 12.0 Å². The van der Waals surface area contributed by atoms with Crippen LogP contribution < -0.4 is 5.73 Å². The molecule has 18 heavy (non-hydrogen) atoms. The van der Waals surface area contributed by atoms with Gasteiger partial charge in [0.05, 0.1) is 11.0 Å². The summed E-state index contributed by atoms with van der Waals surface area (Å²) in [6.45, 7) is 8.84. The zero-order valence-electron chi connectivity index (χ0n) is 11.8. The van der Waals surface area contributed by atoms with Crippen molar-refractivity contribution < 1.29 is 0 Å². The Morgan fingerprint density at radius 1 is 1.22 bits per heavy atom. The standard InChI is InChI=1S/C15H23N3/c1-10(2)5-7-12(4)18-14-9-11(3)6-8-13(14)17-15(18)16/h6,8-10,12H,5,7H2,1-4H3,(H2,16,17). The second-order valence-electron chi connectivity index (χ2n) is 5.65. The van der Waals surface area contributed by atoms with E-state index in [2.05, 4.69) is 49.4 Å². The fraction of sp³-hybridized carbons (Fsp3) is 0.533. The molecule has 0 saturated carbocycles. The van der Waals surface area contributed by atoms with Gasteiger partial charge in [-0.3, -0.25) is 0 Å². The first-order valence-corrected chi connectivity index (χ1v) is 6.73. The SMILES string of the molecule is Cc1ccc2nc(N)n(C(C)CCC(C)C)c2c1. The van der Waals surface area contributed by atoms with Gasteiger partial charge in [0.15, 0.2) is 0 Å². The van der Waals surface area contributed by atoms with Crippen molar-refractivity contribution in [1.82, 2.24) is 9.55 Å². The van der Waals surface area contributed by atoms with Crippen molar-refractivity contribution in [2.75, 3.05) is 5.73 Å². The van der Waals surface area contributed by atoms with Gasteiger partial charge < -0.3 is 10.3 Å². The van der Waals surface area contributed by atoms with Crippen LogP contribution in [-0.2, 0) is 0 Å². The number of aryl methyl sites for hydroxylation is 1. The van der Waals surface area contributed by atoms with Crippen LogP contribution in [0.2, 0.25) is 0 Å². The second-order valence-corrected chi connectivity index (χ2v) is 5.65. The van der Waals surface area contributed by atoms with Gasteiger partial charge >= 0.3 is 0 Å². The van der Waals surface area contributed by atoms with Crippen LogP contribution >= 0.6 is 0 Å². The Bertz CT molecular complexity index is 540. The van der Waals surface area contributed by atoms with Crippen LogP contribution in [0.4, 0.5) is 5.95 Å². The van der Waals surface area contributed by atoms with Crippen molar-refractivity contribution in [1.29, 1.82) is 0 Å². The van der Waals surface area contributed by atoms with Gasteiger partial charge in [-0.05, 0) is 50.3 Å². The van der Waals surface area contributed by atoms with Crippen LogP contribution in [0.25, 0.3) is 11.0 Å². The minimum absolute atomic E-state index is 0.402. The number of nitrogens with zero attached hydrogens (tertiary/aromatic N) is 2. The van der Waals surface area contributed by atoms with Crippen molar-refractivity contribution in [3.63, 3.8) is 0 Å². The summed E-state index contributed by atoms with van der Waals surface area (Å²) in [7, 11) is 0. The highest BCUT2D eigenvalue weighted by Crippen LogP contribution is 2.27. The fourth-order valence-corrected chi connectivity index (χ4v) is 2.39. The average molecular weight is 245 g/mol. The summed E-state index contributed by atoms with van der Waals surface area (Å²) < 4.78 is 2.17. The van der Waals surface area contributed by atoms with Crippen molar-refractivity contribution >= 4 is 17.0 Å².